The van der Waals surface area contributed by atoms with Gasteiger partial charge in [0.05, 0.1) is 11.5 Å². The summed E-state index contributed by atoms with van der Waals surface area (Å²) in [5.41, 5.74) is 2.71. The van der Waals surface area contributed by atoms with Gasteiger partial charge in [0, 0.05) is 17.3 Å². The van der Waals surface area contributed by atoms with Gasteiger partial charge in [-0.2, -0.15) is 5.10 Å². The van der Waals surface area contributed by atoms with Crippen LogP contribution in [0.4, 0.5) is 11.4 Å². The lowest BCUT2D eigenvalue weighted by molar-refractivity contribution is -0.386. The number of nitrogens with one attached hydrogen (secondary N) is 1. The number of amides is 1. The first-order chi connectivity index (χ1) is 12.8. The number of nitro groups is 1. The van der Waals surface area contributed by atoms with Crippen LogP contribution in [0.5, 0.6) is 5.75 Å². The van der Waals surface area contributed by atoms with Crippen molar-refractivity contribution in [3.63, 3.8) is 0 Å². The fraction of sp³-hybridized carbons (Fsp3) is 0.158. The second-order valence-corrected chi connectivity index (χ2v) is 6.14. The molecule has 0 aliphatic heterocycles. The van der Waals surface area contributed by atoms with E-state index in [4.69, 9.17) is 0 Å². The molecular formula is C19H18N4O4. The molecule has 1 heterocycles. The fourth-order valence-electron chi connectivity index (χ4n) is 2.83. The number of aryl methyl sites for hydroxylation is 1. The third-order valence-electron chi connectivity index (χ3n) is 4.18. The van der Waals surface area contributed by atoms with Crippen molar-refractivity contribution in [1.82, 2.24) is 9.78 Å². The lowest BCUT2D eigenvalue weighted by Gasteiger charge is -2.07. The molecule has 3 aromatic rings. The van der Waals surface area contributed by atoms with Crippen molar-refractivity contribution in [3.8, 4) is 5.75 Å². The van der Waals surface area contributed by atoms with Crippen molar-refractivity contribution >= 4 is 17.3 Å². The van der Waals surface area contributed by atoms with Crippen molar-refractivity contribution in [2.45, 2.75) is 20.4 Å². The Morgan fingerprint density at radius 2 is 1.93 bits per heavy atom. The first-order valence-corrected chi connectivity index (χ1v) is 8.23. The van der Waals surface area contributed by atoms with Gasteiger partial charge in [-0.05, 0) is 43.7 Å². The summed E-state index contributed by atoms with van der Waals surface area (Å²) in [4.78, 5) is 23.0. The SMILES string of the molecule is Cc1nn(Cc2ccc(C(=O)Nc3cccc(O)c3)cc2)c(C)c1[N+](=O)[O-]. The minimum Gasteiger partial charge on any atom is -0.508 e. The highest BCUT2D eigenvalue weighted by Crippen LogP contribution is 2.22. The quantitative estimate of drug-likeness (QED) is 0.531. The largest absolute Gasteiger partial charge is 0.508 e. The number of hydrogen-bond donors (Lipinski definition) is 2. The van der Waals surface area contributed by atoms with Gasteiger partial charge in [0.2, 0.25) is 0 Å². The smallest absolute Gasteiger partial charge is 0.312 e. The van der Waals surface area contributed by atoms with Crippen LogP contribution in [0.2, 0.25) is 0 Å². The van der Waals surface area contributed by atoms with E-state index in [1.165, 1.54) is 12.1 Å². The van der Waals surface area contributed by atoms with E-state index < -0.39 is 4.92 Å². The summed E-state index contributed by atoms with van der Waals surface area (Å²) in [6.07, 6.45) is 0. The zero-order valence-electron chi connectivity index (χ0n) is 14.8. The van der Waals surface area contributed by atoms with Crippen molar-refractivity contribution < 1.29 is 14.8 Å². The van der Waals surface area contributed by atoms with Crippen LogP contribution in [0.15, 0.2) is 48.5 Å². The number of phenols is 1. The van der Waals surface area contributed by atoms with Crippen LogP contribution in [0.3, 0.4) is 0 Å². The molecule has 0 aliphatic carbocycles. The molecule has 0 bridgehead atoms. The summed E-state index contributed by atoms with van der Waals surface area (Å²) < 4.78 is 1.58. The molecule has 8 heteroatoms. The first kappa shape index (κ1) is 18.1. The van der Waals surface area contributed by atoms with Crippen LogP contribution in [0.1, 0.15) is 27.3 Å². The van der Waals surface area contributed by atoms with Gasteiger partial charge in [0.25, 0.3) is 5.91 Å². The summed E-state index contributed by atoms with van der Waals surface area (Å²) in [6.45, 7) is 3.64. The predicted molar refractivity (Wildman–Crippen MR) is 100.0 cm³/mol. The molecule has 1 amide bonds. The second kappa shape index (κ2) is 7.28. The number of rotatable bonds is 5. The Hall–Kier alpha value is -3.68. The molecule has 2 N–H and O–H groups in total. The van der Waals surface area contributed by atoms with Crippen LogP contribution in [0, 0.1) is 24.0 Å². The number of anilines is 1. The van der Waals surface area contributed by atoms with E-state index >= 15 is 0 Å². The molecule has 0 saturated carbocycles. The van der Waals surface area contributed by atoms with E-state index in [-0.39, 0.29) is 17.3 Å². The zero-order valence-corrected chi connectivity index (χ0v) is 14.8. The van der Waals surface area contributed by atoms with E-state index in [0.717, 1.165) is 5.56 Å². The standard InChI is InChI=1S/C19H18N4O4/c1-12-18(23(26)27)13(2)22(21-12)11-14-6-8-15(9-7-14)19(25)20-16-4-3-5-17(24)10-16/h3-10,24H,11H2,1-2H3,(H,20,25). The van der Waals surface area contributed by atoms with E-state index in [9.17, 15) is 20.0 Å². The molecule has 138 valence electrons. The van der Waals surface area contributed by atoms with Crippen LogP contribution < -0.4 is 5.32 Å². The van der Waals surface area contributed by atoms with Crippen molar-refractivity contribution in [1.29, 1.82) is 0 Å². The molecule has 1 aromatic heterocycles. The highest BCUT2D eigenvalue weighted by atomic mass is 16.6. The van der Waals surface area contributed by atoms with E-state index in [1.54, 1.807) is 54.9 Å². The third kappa shape index (κ3) is 3.95. The molecular weight excluding hydrogens is 348 g/mol. The van der Waals surface area contributed by atoms with Crippen LogP contribution in [-0.4, -0.2) is 25.7 Å². The van der Waals surface area contributed by atoms with Gasteiger partial charge in [0.15, 0.2) is 0 Å². The average molecular weight is 366 g/mol. The zero-order chi connectivity index (χ0) is 19.6. The molecule has 0 atom stereocenters. The summed E-state index contributed by atoms with van der Waals surface area (Å²) >= 11 is 0. The topological polar surface area (TPSA) is 110 Å². The maximum absolute atomic E-state index is 12.3. The monoisotopic (exact) mass is 366 g/mol. The normalized spacial score (nSPS) is 10.6. The van der Waals surface area contributed by atoms with Crippen molar-refractivity contribution in [2.24, 2.45) is 0 Å². The Kier molecular flexibility index (Phi) is 4.89. The molecule has 0 saturated heterocycles. The van der Waals surface area contributed by atoms with Crippen molar-refractivity contribution in [3.05, 3.63) is 81.2 Å². The fourth-order valence-corrected chi connectivity index (χ4v) is 2.83. The summed E-state index contributed by atoms with van der Waals surface area (Å²) in [6, 6.07) is 13.2. The number of hydrogen-bond acceptors (Lipinski definition) is 5. The molecule has 27 heavy (non-hydrogen) atoms. The Morgan fingerprint density at radius 3 is 2.52 bits per heavy atom. The van der Waals surface area contributed by atoms with Gasteiger partial charge in [-0.15, -0.1) is 0 Å². The van der Waals surface area contributed by atoms with E-state index in [0.29, 0.717) is 29.2 Å². The van der Waals surface area contributed by atoms with Gasteiger partial charge in [-0.25, -0.2) is 0 Å². The maximum Gasteiger partial charge on any atom is 0.312 e. The van der Waals surface area contributed by atoms with Crippen LogP contribution in [-0.2, 0) is 6.54 Å². The number of aromatic nitrogens is 2. The lowest BCUT2D eigenvalue weighted by atomic mass is 10.1. The maximum atomic E-state index is 12.3. The van der Waals surface area contributed by atoms with Crippen LogP contribution >= 0.6 is 0 Å². The van der Waals surface area contributed by atoms with Gasteiger partial charge in [-0.1, -0.05) is 18.2 Å². The molecule has 0 fully saturated rings. The number of phenolic OH excluding ortho intramolecular Hbond substituents is 1. The molecule has 3 rings (SSSR count). The molecule has 8 nitrogen and oxygen atoms in total. The van der Waals surface area contributed by atoms with Gasteiger partial charge < -0.3 is 10.4 Å². The van der Waals surface area contributed by atoms with Crippen LogP contribution in [0.25, 0.3) is 0 Å². The number of nitrogens with zero attached hydrogens (tertiary/aromatic N) is 3. The van der Waals surface area contributed by atoms with Crippen molar-refractivity contribution in [2.75, 3.05) is 5.32 Å². The Morgan fingerprint density at radius 1 is 1.22 bits per heavy atom. The highest BCUT2D eigenvalue weighted by molar-refractivity contribution is 6.04. The minimum absolute atomic E-state index is 0.0251. The lowest BCUT2D eigenvalue weighted by Crippen LogP contribution is -2.12. The highest BCUT2D eigenvalue weighted by Gasteiger charge is 2.21. The molecule has 0 radical (unpaired) electrons. The Bertz CT molecular complexity index is 1010. The average Bonchev–Trinajstić information content (AvgIpc) is 2.89. The molecule has 0 spiro atoms. The van der Waals surface area contributed by atoms with E-state index in [1.807, 2.05) is 0 Å². The number of carbonyl (C=O) groups excluding carboxylic acids is 1. The first-order valence-electron chi connectivity index (χ1n) is 8.23. The Balaban J connectivity index is 1.73. The summed E-state index contributed by atoms with van der Waals surface area (Å²) in [7, 11) is 0. The Labute approximate surface area is 155 Å². The number of benzene rings is 2. The minimum atomic E-state index is -0.428. The molecule has 0 aliphatic rings. The predicted octanol–water partition coefficient (Wildman–Crippen LogP) is 3.41. The van der Waals surface area contributed by atoms with Gasteiger partial charge in [-0.3, -0.25) is 19.6 Å². The number of carbonyl (C=O) groups is 1. The van der Waals surface area contributed by atoms with E-state index in [2.05, 4.69) is 10.4 Å². The second-order valence-electron chi connectivity index (χ2n) is 6.14. The summed E-state index contributed by atoms with van der Waals surface area (Å²) in [5.74, 6) is -0.226. The molecule has 2 aromatic carbocycles. The summed E-state index contributed by atoms with van der Waals surface area (Å²) in [5, 5.41) is 27.5. The molecule has 0 unspecified atom stereocenters. The van der Waals surface area contributed by atoms with Gasteiger partial charge in [0.1, 0.15) is 17.1 Å². The number of aromatic hydroxyl groups is 1. The van der Waals surface area contributed by atoms with Gasteiger partial charge >= 0.3 is 5.69 Å². The third-order valence-corrected chi connectivity index (χ3v) is 4.18.